The molecule has 13 heavy (non-hydrogen) atoms. The molecule has 0 radical (unpaired) electrons. The van der Waals surface area contributed by atoms with Gasteiger partial charge in [-0.05, 0) is 11.8 Å². The number of sulfone groups is 1. The third-order valence-corrected chi connectivity index (χ3v) is 4.49. The van der Waals surface area contributed by atoms with Crippen LogP contribution < -0.4 is 28.1 Å². The van der Waals surface area contributed by atoms with Gasteiger partial charge in [0.2, 0.25) is 0 Å². The first-order valence-electron chi connectivity index (χ1n) is 3.05. The Morgan fingerprint density at radius 3 is 2.62 bits per heavy atom. The lowest BCUT2D eigenvalue weighted by molar-refractivity contribution is -0.110. The molecular formula is C5H8BrClN2O2S2. The van der Waals surface area contributed by atoms with Crippen molar-refractivity contribution in [3.8, 4) is 0 Å². The van der Waals surface area contributed by atoms with Crippen LogP contribution in [0.1, 0.15) is 0 Å². The van der Waals surface area contributed by atoms with Gasteiger partial charge in [0.25, 0.3) is 5.17 Å². The van der Waals surface area contributed by atoms with E-state index in [0.717, 1.165) is 17.2 Å². The van der Waals surface area contributed by atoms with E-state index in [4.69, 9.17) is 22.7 Å². The third kappa shape index (κ3) is 3.88. The third-order valence-electron chi connectivity index (χ3n) is 1.26. The zero-order valence-corrected chi connectivity index (χ0v) is 10.4. The van der Waals surface area contributed by atoms with Crippen LogP contribution in [0, 0.1) is 0 Å². The van der Waals surface area contributed by atoms with Gasteiger partial charge in [-0.25, -0.2) is 8.42 Å². The Morgan fingerprint density at radius 2 is 2.31 bits per heavy atom. The van der Waals surface area contributed by atoms with E-state index in [1.54, 1.807) is 0 Å². The van der Waals surface area contributed by atoms with E-state index in [0.29, 0.717) is 0 Å². The Balaban J connectivity index is 0.00000144. The number of thioether (sulfide) groups is 1. The first-order chi connectivity index (χ1) is 5.41. The summed E-state index contributed by atoms with van der Waals surface area (Å²) in [6, 6.07) is 0. The Hall–Kier alpha value is 0.280. The van der Waals surface area contributed by atoms with Crippen molar-refractivity contribution in [3.05, 3.63) is 10.4 Å². The topological polar surface area (TPSA) is 85.8 Å². The van der Waals surface area contributed by atoms with Gasteiger partial charge in [0.15, 0.2) is 9.84 Å². The second-order valence-corrected chi connectivity index (χ2v) is 5.95. The van der Waals surface area contributed by atoms with Crippen molar-refractivity contribution in [1.29, 1.82) is 0 Å². The largest absolute Gasteiger partial charge is 1.00 e. The average Bonchev–Trinajstić information content (AvgIpc) is 2.03. The summed E-state index contributed by atoms with van der Waals surface area (Å²) in [5.74, 6) is -0.0194. The maximum atomic E-state index is 11.0. The average molecular weight is 308 g/mol. The second kappa shape index (κ2) is 4.68. The van der Waals surface area contributed by atoms with Crippen molar-refractivity contribution in [2.24, 2.45) is 5.73 Å². The molecule has 1 rings (SSSR count). The molecule has 0 aromatic carbocycles. The molecule has 4 N–H and O–H groups in total. The monoisotopic (exact) mass is 306 g/mol. The maximum Gasteiger partial charge on any atom is 0.300 e. The Bertz CT molecular complexity index is 340. The molecule has 0 aliphatic carbocycles. The minimum absolute atomic E-state index is 0. The van der Waals surface area contributed by atoms with Gasteiger partial charge in [-0.15, -0.1) is 0 Å². The van der Waals surface area contributed by atoms with Crippen molar-refractivity contribution >= 4 is 38.4 Å². The zero-order valence-electron chi connectivity index (χ0n) is 6.41. The lowest BCUT2D eigenvalue weighted by Crippen LogP contribution is -3.00. The van der Waals surface area contributed by atoms with Crippen molar-refractivity contribution in [1.82, 2.24) is 0 Å². The zero-order chi connectivity index (χ0) is 9.35. The molecular weight excluding hydrogens is 300 g/mol. The highest BCUT2D eigenvalue weighted by atomic mass is 79.9. The van der Waals surface area contributed by atoms with Gasteiger partial charge in [0.05, 0.1) is 11.0 Å². The molecule has 0 amide bonds. The van der Waals surface area contributed by atoms with Crippen molar-refractivity contribution < 1.29 is 30.8 Å². The minimum Gasteiger partial charge on any atom is -1.00 e. The SMILES string of the molecule is NC(=[NH2+])SC1CS(=O)(=O)C=C1Cl.[Br-]. The molecule has 1 aliphatic rings. The minimum atomic E-state index is -3.13. The fourth-order valence-electron chi connectivity index (χ4n) is 0.841. The van der Waals surface area contributed by atoms with Crippen LogP contribution in [-0.4, -0.2) is 24.6 Å². The molecule has 0 bridgehead atoms. The highest BCUT2D eigenvalue weighted by molar-refractivity contribution is 8.15. The molecule has 0 fully saturated rings. The smallest absolute Gasteiger partial charge is 0.300 e. The standard InChI is InChI=1S/C5H7ClN2O2S2.BrH/c6-3-1-12(9,10)2-4(3)11-5(7)8;/h1,4H,2H2,(H3,7,8);1H. The Labute approximate surface area is 96.1 Å². The lowest BCUT2D eigenvalue weighted by atomic mass is 10.5. The summed E-state index contributed by atoms with van der Waals surface area (Å²) in [6.45, 7) is 0. The molecule has 4 nitrogen and oxygen atoms in total. The second-order valence-electron chi connectivity index (χ2n) is 2.34. The van der Waals surface area contributed by atoms with E-state index in [-0.39, 0.29) is 38.2 Å². The van der Waals surface area contributed by atoms with Crippen LogP contribution in [0.15, 0.2) is 10.4 Å². The molecule has 0 saturated carbocycles. The van der Waals surface area contributed by atoms with Crippen LogP contribution in [0.3, 0.4) is 0 Å². The van der Waals surface area contributed by atoms with Gasteiger partial charge >= 0.3 is 0 Å². The van der Waals surface area contributed by atoms with E-state index in [1.165, 1.54) is 0 Å². The highest BCUT2D eigenvalue weighted by Crippen LogP contribution is 2.29. The number of nitrogens with two attached hydrogens (primary N) is 2. The summed E-state index contributed by atoms with van der Waals surface area (Å²) < 4.78 is 21.9. The van der Waals surface area contributed by atoms with E-state index < -0.39 is 9.84 Å². The van der Waals surface area contributed by atoms with Gasteiger partial charge < -0.3 is 17.0 Å². The van der Waals surface area contributed by atoms with Crippen molar-refractivity contribution in [2.75, 3.05) is 5.75 Å². The summed E-state index contributed by atoms with van der Waals surface area (Å²) in [5.41, 5.74) is 5.20. The number of hydrogen-bond donors (Lipinski definition) is 2. The van der Waals surface area contributed by atoms with Gasteiger partial charge in [-0.3, -0.25) is 11.1 Å². The van der Waals surface area contributed by atoms with Gasteiger partial charge in [0, 0.05) is 10.4 Å². The molecule has 0 spiro atoms. The summed E-state index contributed by atoms with van der Waals surface area (Å²) >= 11 is 6.71. The fraction of sp³-hybridized carbons (Fsp3) is 0.400. The highest BCUT2D eigenvalue weighted by Gasteiger charge is 2.30. The van der Waals surface area contributed by atoms with Crippen molar-refractivity contribution in [3.63, 3.8) is 0 Å². The van der Waals surface area contributed by atoms with E-state index in [9.17, 15) is 8.42 Å². The maximum absolute atomic E-state index is 11.0. The number of amidine groups is 1. The summed E-state index contributed by atoms with van der Waals surface area (Å²) in [6.07, 6.45) is 0. The van der Waals surface area contributed by atoms with Crippen LogP contribution in [0.4, 0.5) is 0 Å². The van der Waals surface area contributed by atoms with Gasteiger partial charge in [-0.2, -0.15) is 0 Å². The quantitative estimate of drug-likeness (QED) is 0.379. The number of rotatable bonds is 1. The normalized spacial score (nSPS) is 24.7. The first kappa shape index (κ1) is 13.3. The summed E-state index contributed by atoms with van der Waals surface area (Å²) in [5, 5.41) is 6.33. The molecule has 8 heteroatoms. The fourth-order valence-corrected chi connectivity index (χ4v) is 4.19. The molecule has 1 atom stereocenters. The predicted octanol–water partition coefficient (Wildman–Crippen LogP) is -4.33. The van der Waals surface area contributed by atoms with E-state index in [1.807, 2.05) is 0 Å². The van der Waals surface area contributed by atoms with Crippen LogP contribution in [-0.2, 0) is 9.84 Å². The Morgan fingerprint density at radius 1 is 1.77 bits per heavy atom. The van der Waals surface area contributed by atoms with Gasteiger partial charge in [0.1, 0.15) is 0 Å². The molecule has 1 aliphatic heterocycles. The van der Waals surface area contributed by atoms with Crippen molar-refractivity contribution in [2.45, 2.75) is 5.25 Å². The number of halogens is 2. The van der Waals surface area contributed by atoms with Crippen LogP contribution >= 0.6 is 23.4 Å². The first-order valence-corrected chi connectivity index (χ1v) is 6.02. The molecule has 0 aromatic rings. The van der Waals surface area contributed by atoms with E-state index >= 15 is 0 Å². The predicted molar refractivity (Wildman–Crippen MR) is 50.2 cm³/mol. The van der Waals surface area contributed by atoms with Crippen LogP contribution in [0.2, 0.25) is 0 Å². The Kier molecular flexibility index (Phi) is 4.78. The summed E-state index contributed by atoms with van der Waals surface area (Å²) in [4.78, 5) is 0. The number of hydrogen-bond acceptors (Lipinski definition) is 3. The molecule has 0 aromatic heterocycles. The van der Waals surface area contributed by atoms with Crippen LogP contribution in [0.25, 0.3) is 0 Å². The molecule has 1 heterocycles. The molecule has 76 valence electrons. The molecule has 0 saturated heterocycles. The summed E-state index contributed by atoms with van der Waals surface area (Å²) in [7, 11) is -3.13. The van der Waals surface area contributed by atoms with Crippen LogP contribution in [0.5, 0.6) is 0 Å². The molecule has 1 unspecified atom stereocenters. The van der Waals surface area contributed by atoms with Gasteiger partial charge in [-0.1, -0.05) is 11.6 Å². The van der Waals surface area contributed by atoms with E-state index in [2.05, 4.69) is 0 Å². The lowest BCUT2D eigenvalue weighted by Gasteiger charge is -2.02.